The standard InChI is InChI=1S/C9H18N4/c1-8-7-11-9(12-8)13(3)6-4-5-10-2/h7,10H,4-6H2,1-3H3,(H,11,12). The third-order valence-electron chi connectivity index (χ3n) is 1.97. The maximum absolute atomic E-state index is 4.24. The highest BCUT2D eigenvalue weighted by atomic mass is 15.2. The second-order valence-electron chi connectivity index (χ2n) is 3.27. The minimum atomic E-state index is 0.952. The summed E-state index contributed by atoms with van der Waals surface area (Å²) in [5, 5.41) is 3.12. The van der Waals surface area contributed by atoms with E-state index in [1.165, 1.54) is 0 Å². The minimum Gasteiger partial charge on any atom is -0.345 e. The molecule has 0 aliphatic carbocycles. The molecule has 4 heteroatoms. The van der Waals surface area contributed by atoms with Gasteiger partial charge in [0.1, 0.15) is 0 Å². The molecule has 0 saturated heterocycles. The Kier molecular flexibility index (Phi) is 3.76. The summed E-state index contributed by atoms with van der Waals surface area (Å²) in [5.74, 6) is 0.952. The molecular formula is C9H18N4. The lowest BCUT2D eigenvalue weighted by atomic mass is 10.4. The lowest BCUT2D eigenvalue weighted by Crippen LogP contribution is -2.23. The molecule has 0 spiro atoms. The molecule has 1 rings (SSSR count). The molecule has 0 radical (unpaired) electrons. The third-order valence-corrected chi connectivity index (χ3v) is 1.97. The van der Waals surface area contributed by atoms with Crippen molar-refractivity contribution in [2.45, 2.75) is 13.3 Å². The van der Waals surface area contributed by atoms with Gasteiger partial charge in [0.2, 0.25) is 5.95 Å². The van der Waals surface area contributed by atoms with Crippen molar-refractivity contribution >= 4 is 5.95 Å². The monoisotopic (exact) mass is 182 g/mol. The van der Waals surface area contributed by atoms with E-state index in [0.29, 0.717) is 0 Å². The zero-order valence-corrected chi connectivity index (χ0v) is 8.59. The van der Waals surface area contributed by atoms with E-state index in [-0.39, 0.29) is 0 Å². The summed E-state index contributed by atoms with van der Waals surface area (Å²) in [7, 11) is 4.02. The normalized spacial score (nSPS) is 10.4. The first-order valence-corrected chi connectivity index (χ1v) is 4.61. The van der Waals surface area contributed by atoms with Gasteiger partial charge in [0, 0.05) is 25.5 Å². The van der Waals surface area contributed by atoms with E-state index in [1.807, 2.05) is 27.2 Å². The lowest BCUT2D eigenvalue weighted by molar-refractivity contribution is 0.706. The van der Waals surface area contributed by atoms with Crippen molar-refractivity contribution in [3.8, 4) is 0 Å². The van der Waals surface area contributed by atoms with Crippen molar-refractivity contribution < 1.29 is 0 Å². The van der Waals surface area contributed by atoms with Gasteiger partial charge < -0.3 is 15.2 Å². The fourth-order valence-electron chi connectivity index (χ4n) is 1.19. The van der Waals surface area contributed by atoms with Crippen molar-refractivity contribution in [2.24, 2.45) is 0 Å². The summed E-state index contributed by atoms with van der Waals surface area (Å²) in [6.45, 7) is 4.08. The molecule has 1 aromatic heterocycles. The number of nitrogens with one attached hydrogen (secondary N) is 2. The van der Waals surface area contributed by atoms with Crippen molar-refractivity contribution in [1.82, 2.24) is 15.3 Å². The number of aryl methyl sites for hydroxylation is 1. The number of H-pyrrole nitrogens is 1. The number of hydrogen-bond acceptors (Lipinski definition) is 3. The summed E-state index contributed by atoms with van der Waals surface area (Å²) in [4.78, 5) is 9.57. The quantitative estimate of drug-likeness (QED) is 0.661. The highest BCUT2D eigenvalue weighted by Crippen LogP contribution is 2.05. The molecule has 2 N–H and O–H groups in total. The van der Waals surface area contributed by atoms with Crippen molar-refractivity contribution in [3.63, 3.8) is 0 Å². The molecule has 0 bridgehead atoms. The van der Waals surface area contributed by atoms with Crippen molar-refractivity contribution in [3.05, 3.63) is 11.9 Å². The average Bonchev–Trinajstić information content (AvgIpc) is 2.52. The molecule has 0 unspecified atom stereocenters. The van der Waals surface area contributed by atoms with Gasteiger partial charge in [-0.15, -0.1) is 0 Å². The molecule has 0 aromatic carbocycles. The predicted molar refractivity (Wildman–Crippen MR) is 55.1 cm³/mol. The molecule has 0 fully saturated rings. The Bertz CT molecular complexity index is 244. The van der Waals surface area contributed by atoms with Crippen LogP contribution in [0.3, 0.4) is 0 Å². The Labute approximate surface area is 79.4 Å². The Morgan fingerprint density at radius 1 is 1.62 bits per heavy atom. The molecular weight excluding hydrogens is 164 g/mol. The minimum absolute atomic E-state index is 0.952. The van der Waals surface area contributed by atoms with E-state index in [4.69, 9.17) is 0 Å². The molecule has 0 saturated carbocycles. The van der Waals surface area contributed by atoms with Crippen LogP contribution in [0.5, 0.6) is 0 Å². The van der Waals surface area contributed by atoms with E-state index >= 15 is 0 Å². The Balaban J connectivity index is 2.35. The third kappa shape index (κ3) is 3.06. The van der Waals surface area contributed by atoms with E-state index < -0.39 is 0 Å². The van der Waals surface area contributed by atoms with Crippen LogP contribution in [-0.2, 0) is 0 Å². The van der Waals surface area contributed by atoms with Gasteiger partial charge in [-0.1, -0.05) is 0 Å². The first-order valence-electron chi connectivity index (χ1n) is 4.61. The van der Waals surface area contributed by atoms with Gasteiger partial charge in [-0.2, -0.15) is 0 Å². The molecule has 0 amide bonds. The number of rotatable bonds is 5. The van der Waals surface area contributed by atoms with Gasteiger partial charge in [0.25, 0.3) is 0 Å². The number of hydrogen-bond donors (Lipinski definition) is 2. The summed E-state index contributed by atoms with van der Waals surface area (Å²) in [5.41, 5.74) is 1.11. The van der Waals surface area contributed by atoms with Gasteiger partial charge >= 0.3 is 0 Å². The van der Waals surface area contributed by atoms with Crippen LogP contribution in [0, 0.1) is 6.92 Å². The number of imidazole rings is 1. The zero-order chi connectivity index (χ0) is 9.68. The van der Waals surface area contributed by atoms with Crippen LogP contribution in [0.4, 0.5) is 5.95 Å². The second-order valence-corrected chi connectivity index (χ2v) is 3.27. The molecule has 0 atom stereocenters. The van der Waals surface area contributed by atoms with Gasteiger partial charge in [-0.25, -0.2) is 4.98 Å². The van der Waals surface area contributed by atoms with Crippen molar-refractivity contribution in [1.29, 1.82) is 0 Å². The first-order chi connectivity index (χ1) is 6.24. The summed E-state index contributed by atoms with van der Waals surface area (Å²) >= 11 is 0. The molecule has 1 aromatic rings. The van der Waals surface area contributed by atoms with Crippen LogP contribution in [-0.4, -0.2) is 37.2 Å². The van der Waals surface area contributed by atoms with Crippen LogP contribution >= 0.6 is 0 Å². The van der Waals surface area contributed by atoms with E-state index in [9.17, 15) is 0 Å². The molecule has 13 heavy (non-hydrogen) atoms. The fraction of sp³-hybridized carbons (Fsp3) is 0.667. The maximum Gasteiger partial charge on any atom is 0.202 e. The average molecular weight is 182 g/mol. The number of aromatic nitrogens is 2. The van der Waals surface area contributed by atoms with Crippen LogP contribution in [0.25, 0.3) is 0 Å². The first kappa shape index (κ1) is 10.1. The second kappa shape index (κ2) is 4.87. The Morgan fingerprint density at radius 3 is 2.92 bits per heavy atom. The molecule has 74 valence electrons. The van der Waals surface area contributed by atoms with E-state index in [2.05, 4.69) is 20.2 Å². The van der Waals surface area contributed by atoms with Crippen LogP contribution in [0.15, 0.2) is 6.20 Å². The highest BCUT2D eigenvalue weighted by Gasteiger charge is 2.02. The highest BCUT2D eigenvalue weighted by molar-refractivity contribution is 5.29. The van der Waals surface area contributed by atoms with Crippen molar-refractivity contribution in [2.75, 3.05) is 32.1 Å². The van der Waals surface area contributed by atoms with Crippen LogP contribution in [0.1, 0.15) is 12.1 Å². The molecule has 1 heterocycles. The number of anilines is 1. The topological polar surface area (TPSA) is 44.0 Å². The Hall–Kier alpha value is -1.03. The lowest BCUT2D eigenvalue weighted by Gasteiger charge is -2.15. The van der Waals surface area contributed by atoms with Crippen LogP contribution < -0.4 is 10.2 Å². The maximum atomic E-state index is 4.24. The smallest absolute Gasteiger partial charge is 0.202 e. The SMILES string of the molecule is CNCCCN(C)c1ncc(C)[nH]1. The van der Waals surface area contributed by atoms with Crippen LogP contribution in [0.2, 0.25) is 0 Å². The fourth-order valence-corrected chi connectivity index (χ4v) is 1.19. The molecule has 0 aliphatic heterocycles. The zero-order valence-electron chi connectivity index (χ0n) is 8.59. The summed E-state index contributed by atoms with van der Waals surface area (Å²) in [6.07, 6.45) is 2.98. The van der Waals surface area contributed by atoms with Gasteiger partial charge in [0.15, 0.2) is 0 Å². The number of nitrogens with zero attached hydrogens (tertiary/aromatic N) is 2. The van der Waals surface area contributed by atoms with E-state index in [0.717, 1.165) is 31.2 Å². The number of aromatic amines is 1. The summed E-state index contributed by atoms with van der Waals surface area (Å²) < 4.78 is 0. The Morgan fingerprint density at radius 2 is 2.38 bits per heavy atom. The molecule has 4 nitrogen and oxygen atoms in total. The predicted octanol–water partition coefficient (Wildman–Crippen LogP) is 0.764. The summed E-state index contributed by atoms with van der Waals surface area (Å²) in [6, 6.07) is 0. The van der Waals surface area contributed by atoms with Gasteiger partial charge in [-0.3, -0.25) is 0 Å². The van der Waals surface area contributed by atoms with Gasteiger partial charge in [0.05, 0.1) is 0 Å². The van der Waals surface area contributed by atoms with E-state index in [1.54, 1.807) is 0 Å². The largest absolute Gasteiger partial charge is 0.345 e. The molecule has 0 aliphatic rings. The van der Waals surface area contributed by atoms with Gasteiger partial charge in [-0.05, 0) is 26.9 Å².